The van der Waals surface area contributed by atoms with E-state index in [0.717, 1.165) is 19.3 Å². The molecule has 0 amide bonds. The molecule has 0 aliphatic heterocycles. The minimum absolute atomic E-state index is 0.0441. The van der Waals surface area contributed by atoms with Gasteiger partial charge in [0.2, 0.25) is 11.6 Å². The van der Waals surface area contributed by atoms with Crippen molar-refractivity contribution in [2.24, 2.45) is 0 Å². The number of aromatic hydroxyl groups is 1. The Morgan fingerprint density at radius 2 is 1.76 bits per heavy atom. The molecule has 116 valence electrons. The van der Waals surface area contributed by atoms with Crippen LogP contribution in [-0.2, 0) is 4.79 Å². The monoisotopic (exact) mass is 292 g/mol. The highest BCUT2D eigenvalue weighted by Crippen LogP contribution is 2.26. The van der Waals surface area contributed by atoms with Crippen molar-refractivity contribution in [3.8, 4) is 11.5 Å². The Bertz CT molecular complexity index is 480. The Kier molecular flexibility index (Phi) is 7.51. The average Bonchev–Trinajstić information content (AvgIpc) is 2.50. The van der Waals surface area contributed by atoms with E-state index in [9.17, 15) is 14.7 Å². The van der Waals surface area contributed by atoms with Crippen molar-refractivity contribution in [3.05, 3.63) is 23.8 Å². The molecule has 0 saturated heterocycles. The molecule has 0 radical (unpaired) electrons. The molecule has 0 aliphatic carbocycles. The van der Waals surface area contributed by atoms with Gasteiger partial charge >= 0.3 is 0 Å². The molecule has 1 rings (SSSR count). The van der Waals surface area contributed by atoms with Crippen LogP contribution in [0.5, 0.6) is 11.5 Å². The lowest BCUT2D eigenvalue weighted by Crippen LogP contribution is -2.13. The first-order valence-corrected chi connectivity index (χ1v) is 7.54. The van der Waals surface area contributed by atoms with E-state index in [1.807, 2.05) is 0 Å². The number of phenolic OH excluding ortho intramolecular Hbond substituents is 1. The normalized spacial score (nSPS) is 10.4. The SMILES string of the molecule is CCCCCCCCC(=O)C(=O)c1ccc(O)c(OC)c1. The maximum atomic E-state index is 12.0. The molecule has 0 atom stereocenters. The molecular formula is C17H24O4. The Morgan fingerprint density at radius 1 is 1.10 bits per heavy atom. The number of carbonyl (C=O) groups excluding carboxylic acids is 2. The standard InChI is InChI=1S/C17H24O4/c1-3-4-5-6-7-8-9-15(19)17(20)13-10-11-14(18)16(12-13)21-2/h10-12,18H,3-9H2,1-2H3. The fourth-order valence-corrected chi connectivity index (χ4v) is 2.16. The highest BCUT2D eigenvalue weighted by Gasteiger charge is 2.17. The number of hydrogen-bond donors (Lipinski definition) is 1. The zero-order valence-electron chi connectivity index (χ0n) is 12.9. The fraction of sp³-hybridized carbons (Fsp3) is 0.529. The molecule has 1 aromatic rings. The molecule has 4 heteroatoms. The summed E-state index contributed by atoms with van der Waals surface area (Å²) in [6.45, 7) is 2.16. The number of phenols is 1. The highest BCUT2D eigenvalue weighted by molar-refractivity contribution is 6.43. The number of ketones is 2. The van der Waals surface area contributed by atoms with Crippen LogP contribution in [0.15, 0.2) is 18.2 Å². The lowest BCUT2D eigenvalue weighted by Gasteiger charge is -2.05. The summed E-state index contributed by atoms with van der Waals surface area (Å²) in [5.41, 5.74) is 0.264. The number of unbranched alkanes of at least 4 members (excludes halogenated alkanes) is 5. The highest BCUT2D eigenvalue weighted by atomic mass is 16.5. The number of hydrogen-bond acceptors (Lipinski definition) is 4. The molecule has 0 aromatic heterocycles. The fourth-order valence-electron chi connectivity index (χ4n) is 2.16. The third kappa shape index (κ3) is 5.58. The van der Waals surface area contributed by atoms with Crippen LogP contribution < -0.4 is 4.74 Å². The van der Waals surface area contributed by atoms with Crippen LogP contribution >= 0.6 is 0 Å². The number of benzene rings is 1. The van der Waals surface area contributed by atoms with Gasteiger partial charge in [-0.1, -0.05) is 39.0 Å². The van der Waals surface area contributed by atoms with Gasteiger partial charge in [-0.15, -0.1) is 0 Å². The molecule has 1 N–H and O–H groups in total. The van der Waals surface area contributed by atoms with Gasteiger partial charge < -0.3 is 9.84 Å². The molecule has 4 nitrogen and oxygen atoms in total. The van der Waals surface area contributed by atoms with Gasteiger partial charge in [0, 0.05) is 12.0 Å². The molecule has 0 saturated carbocycles. The van der Waals surface area contributed by atoms with Crippen molar-refractivity contribution in [1.82, 2.24) is 0 Å². The second-order valence-electron chi connectivity index (χ2n) is 5.16. The molecule has 0 spiro atoms. The van der Waals surface area contributed by atoms with Crippen LogP contribution in [0.4, 0.5) is 0 Å². The van der Waals surface area contributed by atoms with E-state index in [0.29, 0.717) is 0 Å². The zero-order valence-corrected chi connectivity index (χ0v) is 12.9. The Balaban J connectivity index is 2.45. The minimum Gasteiger partial charge on any atom is -0.504 e. The maximum Gasteiger partial charge on any atom is 0.228 e. The number of Topliss-reactive ketones (excluding diaryl/α,β-unsaturated/α-hetero) is 2. The van der Waals surface area contributed by atoms with E-state index < -0.39 is 5.78 Å². The summed E-state index contributed by atoms with van der Waals surface area (Å²) < 4.78 is 4.94. The van der Waals surface area contributed by atoms with Gasteiger partial charge in [-0.25, -0.2) is 0 Å². The third-order valence-electron chi connectivity index (χ3n) is 3.45. The van der Waals surface area contributed by atoms with Crippen molar-refractivity contribution in [3.63, 3.8) is 0 Å². The maximum absolute atomic E-state index is 12.0. The molecule has 1 aromatic carbocycles. The number of carbonyl (C=O) groups is 2. The van der Waals surface area contributed by atoms with Gasteiger partial charge in [0.15, 0.2) is 11.5 Å². The third-order valence-corrected chi connectivity index (χ3v) is 3.45. The number of methoxy groups -OCH3 is 1. The van der Waals surface area contributed by atoms with Gasteiger partial charge in [-0.3, -0.25) is 9.59 Å². The zero-order chi connectivity index (χ0) is 15.7. The predicted molar refractivity (Wildman–Crippen MR) is 82.0 cm³/mol. The van der Waals surface area contributed by atoms with Crippen LogP contribution in [0, 0.1) is 0 Å². The summed E-state index contributed by atoms with van der Waals surface area (Å²) in [5.74, 6) is -0.731. The molecule has 0 fully saturated rings. The summed E-state index contributed by atoms with van der Waals surface area (Å²) in [4.78, 5) is 23.9. The lowest BCUT2D eigenvalue weighted by atomic mass is 10.0. The minimum atomic E-state index is -0.512. The summed E-state index contributed by atoms with van der Waals surface area (Å²) in [7, 11) is 1.40. The van der Waals surface area contributed by atoms with Crippen molar-refractivity contribution >= 4 is 11.6 Å². The second-order valence-corrected chi connectivity index (χ2v) is 5.16. The van der Waals surface area contributed by atoms with E-state index in [-0.39, 0.29) is 29.3 Å². The Hall–Kier alpha value is -1.84. The van der Waals surface area contributed by atoms with Crippen LogP contribution in [0.1, 0.15) is 62.2 Å². The first-order chi connectivity index (χ1) is 10.1. The van der Waals surface area contributed by atoms with E-state index in [1.165, 1.54) is 44.6 Å². The summed E-state index contributed by atoms with van der Waals surface area (Å²) in [5, 5.41) is 9.48. The van der Waals surface area contributed by atoms with Crippen LogP contribution in [0.2, 0.25) is 0 Å². The molecule has 0 heterocycles. The van der Waals surface area contributed by atoms with Crippen molar-refractivity contribution in [2.75, 3.05) is 7.11 Å². The summed E-state index contributed by atoms with van der Waals surface area (Å²) in [6.07, 6.45) is 6.74. The van der Waals surface area contributed by atoms with Crippen LogP contribution in [-0.4, -0.2) is 23.8 Å². The quantitative estimate of drug-likeness (QED) is 0.403. The van der Waals surface area contributed by atoms with Crippen molar-refractivity contribution in [2.45, 2.75) is 51.9 Å². The van der Waals surface area contributed by atoms with Crippen LogP contribution in [0.25, 0.3) is 0 Å². The van der Waals surface area contributed by atoms with E-state index in [4.69, 9.17) is 4.74 Å². The largest absolute Gasteiger partial charge is 0.504 e. The predicted octanol–water partition coefficient (Wildman–Crippen LogP) is 3.90. The van der Waals surface area contributed by atoms with Gasteiger partial charge in [0.1, 0.15) is 0 Å². The van der Waals surface area contributed by atoms with Gasteiger partial charge in [0.25, 0.3) is 0 Å². The Morgan fingerprint density at radius 3 is 2.43 bits per heavy atom. The van der Waals surface area contributed by atoms with Gasteiger partial charge in [0.05, 0.1) is 7.11 Å². The molecular weight excluding hydrogens is 268 g/mol. The number of ether oxygens (including phenoxy) is 1. The molecule has 0 bridgehead atoms. The Labute approximate surface area is 126 Å². The van der Waals surface area contributed by atoms with Gasteiger partial charge in [-0.2, -0.15) is 0 Å². The summed E-state index contributed by atoms with van der Waals surface area (Å²) >= 11 is 0. The second kappa shape index (κ2) is 9.16. The number of rotatable bonds is 10. The van der Waals surface area contributed by atoms with Gasteiger partial charge in [-0.05, 0) is 24.6 Å². The first kappa shape index (κ1) is 17.2. The topological polar surface area (TPSA) is 63.6 Å². The smallest absolute Gasteiger partial charge is 0.228 e. The molecule has 0 unspecified atom stereocenters. The first-order valence-electron chi connectivity index (χ1n) is 7.54. The molecule has 21 heavy (non-hydrogen) atoms. The van der Waals surface area contributed by atoms with Crippen LogP contribution in [0.3, 0.4) is 0 Å². The van der Waals surface area contributed by atoms with E-state index in [2.05, 4.69) is 6.92 Å². The van der Waals surface area contributed by atoms with Crippen molar-refractivity contribution < 1.29 is 19.4 Å². The van der Waals surface area contributed by atoms with E-state index >= 15 is 0 Å². The lowest BCUT2D eigenvalue weighted by molar-refractivity contribution is -0.115. The van der Waals surface area contributed by atoms with Crippen molar-refractivity contribution in [1.29, 1.82) is 0 Å². The summed E-state index contributed by atoms with van der Waals surface area (Å²) in [6, 6.07) is 4.21. The van der Waals surface area contributed by atoms with E-state index in [1.54, 1.807) is 0 Å². The average molecular weight is 292 g/mol. The molecule has 0 aliphatic rings.